The summed E-state index contributed by atoms with van der Waals surface area (Å²) in [5, 5.41) is 0.443. The number of carbonyl (C=O) groups is 1. The lowest BCUT2D eigenvalue weighted by atomic mass is 10.2. The molecule has 0 radical (unpaired) electrons. The van der Waals surface area contributed by atoms with Crippen molar-refractivity contribution < 1.29 is 4.79 Å². The van der Waals surface area contributed by atoms with E-state index in [0.717, 1.165) is 25.1 Å². The van der Waals surface area contributed by atoms with Crippen LogP contribution in [0.1, 0.15) is 37.3 Å². The number of aromatic nitrogens is 2. The van der Waals surface area contributed by atoms with Gasteiger partial charge in [0, 0.05) is 19.2 Å². The van der Waals surface area contributed by atoms with Crippen LogP contribution in [0.15, 0.2) is 6.07 Å². The van der Waals surface area contributed by atoms with Crippen molar-refractivity contribution in [3.63, 3.8) is 0 Å². The largest absolute Gasteiger partial charge is 0.333 e. The highest BCUT2D eigenvalue weighted by Crippen LogP contribution is 2.30. The SMILES string of the molecule is CC(=O)N1CCCC1c1nc(C)cc(Cl)n1. The standard InChI is InChI=1S/C11H14ClN3O/c1-7-6-10(12)14-11(13-7)9-4-3-5-15(9)8(2)16/h6,9H,3-5H2,1-2H3. The van der Waals surface area contributed by atoms with Gasteiger partial charge < -0.3 is 4.90 Å². The third-order valence-electron chi connectivity index (χ3n) is 2.80. The van der Waals surface area contributed by atoms with E-state index < -0.39 is 0 Å². The van der Waals surface area contributed by atoms with Crippen LogP contribution in [0.3, 0.4) is 0 Å². The second-order valence-electron chi connectivity index (χ2n) is 4.06. The smallest absolute Gasteiger partial charge is 0.220 e. The van der Waals surface area contributed by atoms with Gasteiger partial charge in [-0.25, -0.2) is 9.97 Å². The van der Waals surface area contributed by atoms with E-state index in [1.54, 1.807) is 13.0 Å². The summed E-state index contributed by atoms with van der Waals surface area (Å²) in [7, 11) is 0. The third-order valence-corrected chi connectivity index (χ3v) is 2.99. The van der Waals surface area contributed by atoms with E-state index in [4.69, 9.17) is 11.6 Å². The minimum Gasteiger partial charge on any atom is -0.333 e. The number of aryl methyl sites for hydroxylation is 1. The lowest BCUT2D eigenvalue weighted by Gasteiger charge is -2.22. The van der Waals surface area contributed by atoms with Crippen molar-refractivity contribution in [1.82, 2.24) is 14.9 Å². The number of hydrogen-bond acceptors (Lipinski definition) is 3. The molecule has 1 aromatic rings. The summed E-state index contributed by atoms with van der Waals surface area (Å²) in [4.78, 5) is 21.8. The van der Waals surface area contributed by atoms with Crippen molar-refractivity contribution in [3.05, 3.63) is 22.7 Å². The van der Waals surface area contributed by atoms with Crippen LogP contribution >= 0.6 is 11.6 Å². The second kappa shape index (κ2) is 4.37. The van der Waals surface area contributed by atoms with E-state index in [0.29, 0.717) is 11.0 Å². The zero-order valence-electron chi connectivity index (χ0n) is 9.40. The van der Waals surface area contributed by atoms with Crippen LogP contribution in [0.2, 0.25) is 5.15 Å². The van der Waals surface area contributed by atoms with Gasteiger partial charge in [-0.15, -0.1) is 0 Å². The maximum absolute atomic E-state index is 11.4. The predicted molar refractivity (Wildman–Crippen MR) is 61.1 cm³/mol. The molecule has 1 unspecified atom stereocenters. The number of nitrogens with zero attached hydrogens (tertiary/aromatic N) is 3. The number of hydrogen-bond donors (Lipinski definition) is 0. The van der Waals surface area contributed by atoms with Gasteiger partial charge in [0.2, 0.25) is 5.91 Å². The molecule has 1 saturated heterocycles. The Balaban J connectivity index is 2.32. The Morgan fingerprint density at radius 2 is 2.31 bits per heavy atom. The van der Waals surface area contributed by atoms with Gasteiger partial charge in [-0.05, 0) is 25.8 Å². The van der Waals surface area contributed by atoms with Gasteiger partial charge in [0.15, 0.2) is 5.82 Å². The van der Waals surface area contributed by atoms with E-state index in [1.165, 1.54) is 0 Å². The van der Waals surface area contributed by atoms with E-state index in [-0.39, 0.29) is 11.9 Å². The monoisotopic (exact) mass is 239 g/mol. The van der Waals surface area contributed by atoms with Gasteiger partial charge in [-0.2, -0.15) is 0 Å². The first kappa shape index (κ1) is 11.3. The molecule has 0 bridgehead atoms. The van der Waals surface area contributed by atoms with Crippen LogP contribution < -0.4 is 0 Å². The molecule has 1 amide bonds. The van der Waals surface area contributed by atoms with E-state index >= 15 is 0 Å². The molecule has 1 atom stereocenters. The van der Waals surface area contributed by atoms with Crippen molar-refractivity contribution >= 4 is 17.5 Å². The third kappa shape index (κ3) is 2.16. The van der Waals surface area contributed by atoms with Crippen LogP contribution in [-0.4, -0.2) is 27.3 Å². The minimum absolute atomic E-state index is 0.00472. The number of likely N-dealkylation sites (tertiary alicyclic amines) is 1. The van der Waals surface area contributed by atoms with Gasteiger partial charge in [-0.3, -0.25) is 4.79 Å². The molecule has 0 saturated carbocycles. The van der Waals surface area contributed by atoms with Gasteiger partial charge >= 0.3 is 0 Å². The van der Waals surface area contributed by atoms with Crippen molar-refractivity contribution in [2.24, 2.45) is 0 Å². The Morgan fingerprint density at radius 3 is 2.94 bits per heavy atom. The second-order valence-corrected chi connectivity index (χ2v) is 4.45. The van der Waals surface area contributed by atoms with E-state index in [1.807, 2.05) is 11.8 Å². The summed E-state index contributed by atoms with van der Waals surface area (Å²) in [6.45, 7) is 4.24. The van der Waals surface area contributed by atoms with Crippen molar-refractivity contribution in [3.8, 4) is 0 Å². The Kier molecular flexibility index (Phi) is 3.10. The molecule has 16 heavy (non-hydrogen) atoms. The summed E-state index contributed by atoms with van der Waals surface area (Å²) < 4.78 is 0. The summed E-state index contributed by atoms with van der Waals surface area (Å²) in [5.41, 5.74) is 0.838. The van der Waals surface area contributed by atoms with Gasteiger partial charge in [0.05, 0.1) is 6.04 Å². The average molecular weight is 240 g/mol. The highest BCUT2D eigenvalue weighted by atomic mass is 35.5. The Morgan fingerprint density at radius 1 is 1.56 bits per heavy atom. The number of halogens is 1. The molecule has 86 valence electrons. The minimum atomic E-state index is -0.00472. The summed E-state index contributed by atoms with van der Waals surface area (Å²) >= 11 is 5.90. The molecular formula is C11H14ClN3O. The topological polar surface area (TPSA) is 46.1 Å². The first-order chi connectivity index (χ1) is 7.58. The van der Waals surface area contributed by atoms with Gasteiger partial charge in [-0.1, -0.05) is 11.6 Å². The summed E-state index contributed by atoms with van der Waals surface area (Å²) in [5.74, 6) is 0.737. The van der Waals surface area contributed by atoms with Crippen molar-refractivity contribution in [2.75, 3.05) is 6.54 Å². The maximum atomic E-state index is 11.4. The Labute approximate surface area is 99.6 Å². The average Bonchev–Trinajstić information content (AvgIpc) is 2.63. The molecule has 5 heteroatoms. The molecule has 1 fully saturated rings. The zero-order valence-corrected chi connectivity index (χ0v) is 10.2. The number of rotatable bonds is 1. The molecule has 1 aliphatic rings. The molecule has 0 N–H and O–H groups in total. The van der Waals surface area contributed by atoms with Crippen LogP contribution in [-0.2, 0) is 4.79 Å². The molecule has 2 rings (SSSR count). The molecule has 0 spiro atoms. The first-order valence-corrected chi connectivity index (χ1v) is 5.74. The molecule has 4 nitrogen and oxygen atoms in total. The molecule has 1 aliphatic heterocycles. The van der Waals surface area contributed by atoms with Crippen molar-refractivity contribution in [2.45, 2.75) is 32.7 Å². The molecular weight excluding hydrogens is 226 g/mol. The summed E-state index contributed by atoms with van der Waals surface area (Å²) in [6.07, 6.45) is 1.92. The first-order valence-electron chi connectivity index (χ1n) is 5.36. The molecule has 0 aromatic carbocycles. The molecule has 0 aliphatic carbocycles. The van der Waals surface area contributed by atoms with Crippen LogP contribution in [0.25, 0.3) is 0 Å². The Bertz CT molecular complexity index is 401. The van der Waals surface area contributed by atoms with Gasteiger partial charge in [0.25, 0.3) is 0 Å². The van der Waals surface area contributed by atoms with Crippen LogP contribution in [0.5, 0.6) is 0 Å². The molecule has 1 aromatic heterocycles. The predicted octanol–water partition coefficient (Wildman–Crippen LogP) is 2.12. The summed E-state index contributed by atoms with van der Waals surface area (Å²) in [6, 6.07) is 1.72. The maximum Gasteiger partial charge on any atom is 0.220 e. The number of carbonyl (C=O) groups excluding carboxylic acids is 1. The van der Waals surface area contributed by atoms with Crippen LogP contribution in [0, 0.1) is 6.92 Å². The number of amides is 1. The fourth-order valence-electron chi connectivity index (χ4n) is 2.11. The normalized spacial score (nSPS) is 20.2. The zero-order chi connectivity index (χ0) is 11.7. The fourth-order valence-corrected chi connectivity index (χ4v) is 2.36. The van der Waals surface area contributed by atoms with E-state index in [9.17, 15) is 4.79 Å². The highest BCUT2D eigenvalue weighted by molar-refractivity contribution is 6.29. The van der Waals surface area contributed by atoms with Gasteiger partial charge in [0.1, 0.15) is 5.15 Å². The lowest BCUT2D eigenvalue weighted by Crippen LogP contribution is -2.29. The quantitative estimate of drug-likeness (QED) is 0.706. The fraction of sp³-hybridized carbons (Fsp3) is 0.545. The lowest BCUT2D eigenvalue weighted by molar-refractivity contribution is -0.129. The van der Waals surface area contributed by atoms with Crippen molar-refractivity contribution in [1.29, 1.82) is 0 Å². The van der Waals surface area contributed by atoms with E-state index in [2.05, 4.69) is 9.97 Å². The Hall–Kier alpha value is -1.16. The molecule has 2 heterocycles. The highest BCUT2D eigenvalue weighted by Gasteiger charge is 2.30. The van der Waals surface area contributed by atoms with Crippen LogP contribution in [0.4, 0.5) is 0 Å².